The first-order valence-corrected chi connectivity index (χ1v) is 7.71. The van der Waals surface area contributed by atoms with Gasteiger partial charge in [-0.25, -0.2) is 5.84 Å². The second-order valence-electron chi connectivity index (χ2n) is 6.65. The molecule has 0 aliphatic heterocycles. The number of hydrogen-bond acceptors (Lipinski definition) is 2. The molecule has 3 N–H and O–H groups in total. The summed E-state index contributed by atoms with van der Waals surface area (Å²) in [6, 6.07) is 0.528. The monoisotopic (exact) mass is 251 g/mol. The van der Waals surface area contributed by atoms with Gasteiger partial charge in [0, 0.05) is 5.41 Å². The number of aliphatic imine (C=N–C) groups is 1. The second kappa shape index (κ2) is 6.05. The Morgan fingerprint density at radius 3 is 2.33 bits per heavy atom. The Kier molecular flexibility index (Phi) is 4.66. The Hall–Kier alpha value is -0.570. The highest BCUT2D eigenvalue weighted by Gasteiger charge is 2.39. The van der Waals surface area contributed by atoms with E-state index in [1.165, 1.54) is 57.8 Å². The number of hydrazine groups is 1. The van der Waals surface area contributed by atoms with E-state index >= 15 is 0 Å². The van der Waals surface area contributed by atoms with E-state index in [1.54, 1.807) is 0 Å². The molecule has 2 aliphatic carbocycles. The Balaban J connectivity index is 2.15. The van der Waals surface area contributed by atoms with E-state index in [1.807, 2.05) is 0 Å². The zero-order valence-electron chi connectivity index (χ0n) is 12.0. The van der Waals surface area contributed by atoms with Gasteiger partial charge in [0.15, 0.2) is 0 Å². The molecule has 0 spiro atoms. The summed E-state index contributed by atoms with van der Waals surface area (Å²) in [5.74, 6) is 7.64. The highest BCUT2D eigenvalue weighted by atomic mass is 15.3. The summed E-state index contributed by atoms with van der Waals surface area (Å²) >= 11 is 0. The van der Waals surface area contributed by atoms with Crippen molar-refractivity contribution < 1.29 is 0 Å². The molecule has 0 unspecified atom stereocenters. The average molecular weight is 251 g/mol. The van der Waals surface area contributed by atoms with Crippen LogP contribution < -0.4 is 11.3 Å². The summed E-state index contributed by atoms with van der Waals surface area (Å²) in [5.41, 5.74) is 3.22. The molecule has 0 atom stereocenters. The Bertz CT molecular complexity index is 284. The zero-order chi connectivity index (χ0) is 13.0. The molecule has 2 saturated carbocycles. The van der Waals surface area contributed by atoms with Crippen LogP contribution in [0.4, 0.5) is 0 Å². The van der Waals surface area contributed by atoms with Crippen molar-refractivity contribution in [3.8, 4) is 0 Å². The maximum absolute atomic E-state index is 5.81. The van der Waals surface area contributed by atoms with Gasteiger partial charge in [-0.2, -0.15) is 0 Å². The lowest BCUT2D eigenvalue weighted by Gasteiger charge is -2.32. The maximum atomic E-state index is 5.81. The molecular weight excluding hydrogens is 222 g/mol. The van der Waals surface area contributed by atoms with Crippen molar-refractivity contribution in [3.05, 3.63) is 0 Å². The molecule has 104 valence electrons. The van der Waals surface area contributed by atoms with Crippen LogP contribution >= 0.6 is 0 Å². The molecule has 0 saturated heterocycles. The topological polar surface area (TPSA) is 50.4 Å². The van der Waals surface area contributed by atoms with E-state index in [0.717, 1.165) is 5.84 Å². The van der Waals surface area contributed by atoms with Crippen molar-refractivity contribution in [1.82, 2.24) is 5.43 Å². The van der Waals surface area contributed by atoms with Crippen molar-refractivity contribution in [1.29, 1.82) is 0 Å². The SMILES string of the molecule is CC(C)CC1(C(=NC2CCCC2)NN)CCCC1. The third kappa shape index (κ3) is 3.05. The summed E-state index contributed by atoms with van der Waals surface area (Å²) in [4.78, 5) is 4.98. The molecule has 0 radical (unpaired) electrons. The lowest BCUT2D eigenvalue weighted by Crippen LogP contribution is -2.44. The number of nitrogens with zero attached hydrogens (tertiary/aromatic N) is 1. The number of nitrogens with two attached hydrogens (primary N) is 1. The average Bonchev–Trinajstić information content (AvgIpc) is 2.96. The molecule has 18 heavy (non-hydrogen) atoms. The smallest absolute Gasteiger partial charge is 0.117 e. The van der Waals surface area contributed by atoms with Crippen LogP contribution in [0.5, 0.6) is 0 Å². The van der Waals surface area contributed by atoms with Crippen LogP contribution in [0.25, 0.3) is 0 Å². The number of rotatable bonds is 4. The van der Waals surface area contributed by atoms with Gasteiger partial charge in [0.1, 0.15) is 5.84 Å². The molecule has 3 heteroatoms. The number of amidine groups is 1. The first kappa shape index (κ1) is 13.9. The minimum atomic E-state index is 0.255. The van der Waals surface area contributed by atoms with Gasteiger partial charge in [0.05, 0.1) is 6.04 Å². The van der Waals surface area contributed by atoms with Crippen LogP contribution in [0.3, 0.4) is 0 Å². The van der Waals surface area contributed by atoms with Gasteiger partial charge in [-0.3, -0.25) is 4.99 Å². The Labute approximate surface area is 112 Å². The molecule has 3 nitrogen and oxygen atoms in total. The zero-order valence-corrected chi connectivity index (χ0v) is 12.0. The lowest BCUT2D eigenvalue weighted by atomic mass is 9.77. The van der Waals surface area contributed by atoms with Gasteiger partial charge >= 0.3 is 0 Å². The van der Waals surface area contributed by atoms with E-state index < -0.39 is 0 Å². The van der Waals surface area contributed by atoms with Gasteiger partial charge in [0.2, 0.25) is 0 Å². The highest BCUT2D eigenvalue weighted by molar-refractivity contribution is 5.88. The fraction of sp³-hybridized carbons (Fsp3) is 0.933. The van der Waals surface area contributed by atoms with Crippen molar-refractivity contribution in [3.63, 3.8) is 0 Å². The number of hydrogen-bond donors (Lipinski definition) is 2. The third-order valence-corrected chi connectivity index (χ3v) is 4.64. The molecule has 2 fully saturated rings. The van der Waals surface area contributed by atoms with E-state index in [9.17, 15) is 0 Å². The fourth-order valence-electron chi connectivity index (χ4n) is 3.91. The summed E-state index contributed by atoms with van der Waals surface area (Å²) < 4.78 is 0. The van der Waals surface area contributed by atoms with Gasteiger partial charge in [0.25, 0.3) is 0 Å². The predicted octanol–water partition coefficient (Wildman–Crippen LogP) is 3.40. The molecule has 0 heterocycles. The van der Waals surface area contributed by atoms with Crippen molar-refractivity contribution >= 4 is 5.84 Å². The van der Waals surface area contributed by atoms with Crippen molar-refractivity contribution in [2.45, 2.75) is 77.7 Å². The van der Waals surface area contributed by atoms with Crippen LogP contribution in [-0.4, -0.2) is 11.9 Å². The van der Waals surface area contributed by atoms with Crippen LogP contribution in [-0.2, 0) is 0 Å². The highest BCUT2D eigenvalue weighted by Crippen LogP contribution is 2.44. The van der Waals surface area contributed by atoms with Crippen molar-refractivity contribution in [2.24, 2.45) is 22.2 Å². The molecule has 0 bridgehead atoms. The summed E-state index contributed by atoms with van der Waals surface area (Å²) in [6.07, 6.45) is 11.6. The van der Waals surface area contributed by atoms with Crippen molar-refractivity contribution in [2.75, 3.05) is 0 Å². The normalized spacial score (nSPS) is 25.0. The van der Waals surface area contributed by atoms with Crippen LogP contribution in [0.15, 0.2) is 4.99 Å². The van der Waals surface area contributed by atoms with Gasteiger partial charge < -0.3 is 5.43 Å². The molecule has 0 aromatic rings. The van der Waals surface area contributed by atoms with Gasteiger partial charge in [-0.1, -0.05) is 39.5 Å². The molecule has 0 aromatic heterocycles. The first-order valence-electron chi connectivity index (χ1n) is 7.71. The standard InChI is InChI=1S/C15H29N3/c1-12(2)11-15(9-5-6-10-15)14(18-16)17-13-7-3-4-8-13/h12-13H,3-11,16H2,1-2H3,(H,17,18). The molecular formula is C15H29N3. The minimum absolute atomic E-state index is 0.255. The molecule has 0 aromatic carbocycles. The summed E-state index contributed by atoms with van der Waals surface area (Å²) in [7, 11) is 0. The quantitative estimate of drug-likeness (QED) is 0.348. The Morgan fingerprint density at radius 2 is 1.83 bits per heavy atom. The largest absolute Gasteiger partial charge is 0.312 e. The third-order valence-electron chi connectivity index (χ3n) is 4.64. The fourth-order valence-corrected chi connectivity index (χ4v) is 3.91. The first-order chi connectivity index (χ1) is 8.66. The molecule has 2 aliphatic rings. The van der Waals surface area contributed by atoms with Gasteiger partial charge in [-0.15, -0.1) is 0 Å². The maximum Gasteiger partial charge on any atom is 0.117 e. The molecule has 2 rings (SSSR count). The summed E-state index contributed by atoms with van der Waals surface area (Å²) in [5, 5.41) is 0. The van der Waals surface area contributed by atoms with E-state index in [-0.39, 0.29) is 5.41 Å². The Morgan fingerprint density at radius 1 is 1.22 bits per heavy atom. The summed E-state index contributed by atoms with van der Waals surface area (Å²) in [6.45, 7) is 4.62. The van der Waals surface area contributed by atoms with E-state index in [0.29, 0.717) is 12.0 Å². The van der Waals surface area contributed by atoms with Gasteiger partial charge in [-0.05, 0) is 38.0 Å². The van der Waals surface area contributed by atoms with Crippen LogP contribution in [0.1, 0.15) is 71.6 Å². The second-order valence-corrected chi connectivity index (χ2v) is 6.65. The lowest BCUT2D eigenvalue weighted by molar-refractivity contribution is 0.328. The van der Waals surface area contributed by atoms with E-state index in [2.05, 4.69) is 19.3 Å². The van der Waals surface area contributed by atoms with Crippen LogP contribution in [0, 0.1) is 11.3 Å². The van der Waals surface area contributed by atoms with Crippen LogP contribution in [0.2, 0.25) is 0 Å². The number of nitrogens with one attached hydrogen (secondary N) is 1. The molecule has 0 amide bonds. The predicted molar refractivity (Wildman–Crippen MR) is 77.4 cm³/mol. The minimum Gasteiger partial charge on any atom is -0.312 e. The van der Waals surface area contributed by atoms with E-state index in [4.69, 9.17) is 10.8 Å².